The lowest BCUT2D eigenvalue weighted by atomic mass is 9.81. The standard InChI is InChI=1S/C23H25NO7/c1-2-29-23(28)20-17(14-7-5-6-10-18(14)31-20)13-30-19(25)11-12-24-21(26)15-8-3-4-9-16(15)22(24)27/h5-7,10,15-16H,2-4,8-9,11-13H2,1H3/t15-,16-/m0/s1. The summed E-state index contributed by atoms with van der Waals surface area (Å²) in [5, 5.41) is 0.660. The van der Waals surface area contributed by atoms with Crippen LogP contribution in [0.3, 0.4) is 0 Å². The molecule has 2 heterocycles. The number of hydrogen-bond acceptors (Lipinski definition) is 7. The van der Waals surface area contributed by atoms with Gasteiger partial charge >= 0.3 is 11.9 Å². The van der Waals surface area contributed by atoms with Crippen molar-refractivity contribution in [2.45, 2.75) is 45.6 Å². The predicted molar refractivity (Wildman–Crippen MR) is 109 cm³/mol. The van der Waals surface area contributed by atoms with E-state index >= 15 is 0 Å². The van der Waals surface area contributed by atoms with Crippen LogP contribution in [0.5, 0.6) is 0 Å². The number of amides is 2. The zero-order valence-corrected chi connectivity index (χ0v) is 17.4. The van der Waals surface area contributed by atoms with Crippen LogP contribution in [-0.2, 0) is 30.5 Å². The van der Waals surface area contributed by atoms with Gasteiger partial charge in [0, 0.05) is 11.9 Å². The molecule has 0 bridgehead atoms. The SMILES string of the molecule is CCOC(=O)c1oc2ccccc2c1COC(=O)CCN1C(=O)[C@H]2CCCC[C@@H]2C1=O. The first-order valence-electron chi connectivity index (χ1n) is 10.7. The van der Waals surface area contributed by atoms with Gasteiger partial charge in [0.1, 0.15) is 12.2 Å². The highest BCUT2D eigenvalue weighted by Crippen LogP contribution is 2.38. The van der Waals surface area contributed by atoms with E-state index in [1.54, 1.807) is 31.2 Å². The number of carbonyl (C=O) groups is 4. The smallest absolute Gasteiger partial charge is 0.374 e. The molecule has 2 fully saturated rings. The summed E-state index contributed by atoms with van der Waals surface area (Å²) < 4.78 is 16.0. The second-order valence-electron chi connectivity index (χ2n) is 7.86. The van der Waals surface area contributed by atoms with E-state index in [0.29, 0.717) is 16.5 Å². The minimum absolute atomic E-state index is 0.00447. The van der Waals surface area contributed by atoms with E-state index in [0.717, 1.165) is 25.7 Å². The summed E-state index contributed by atoms with van der Waals surface area (Å²) in [4.78, 5) is 50.8. The highest BCUT2D eigenvalue weighted by atomic mass is 16.5. The highest BCUT2D eigenvalue weighted by molar-refractivity contribution is 6.05. The molecule has 1 aliphatic carbocycles. The third-order valence-corrected chi connectivity index (χ3v) is 6.01. The average molecular weight is 427 g/mol. The zero-order chi connectivity index (χ0) is 22.0. The number of hydrogen-bond donors (Lipinski definition) is 0. The number of imide groups is 1. The molecular weight excluding hydrogens is 402 g/mol. The summed E-state index contributed by atoms with van der Waals surface area (Å²) in [6.07, 6.45) is 3.29. The first kappa shape index (κ1) is 21.1. The topological polar surface area (TPSA) is 103 Å². The van der Waals surface area contributed by atoms with Crippen LogP contribution in [0.15, 0.2) is 28.7 Å². The molecule has 2 aliphatic rings. The number of ether oxygens (including phenoxy) is 2. The van der Waals surface area contributed by atoms with Crippen LogP contribution in [0.4, 0.5) is 0 Å². The molecule has 2 aromatic rings. The zero-order valence-electron chi connectivity index (χ0n) is 17.4. The first-order chi connectivity index (χ1) is 15.0. The normalized spacial score (nSPS) is 20.7. The summed E-state index contributed by atoms with van der Waals surface area (Å²) in [6, 6.07) is 7.06. The van der Waals surface area contributed by atoms with Gasteiger partial charge in [-0.2, -0.15) is 0 Å². The fourth-order valence-corrected chi connectivity index (χ4v) is 4.48. The van der Waals surface area contributed by atoms with Crippen LogP contribution in [0.25, 0.3) is 11.0 Å². The van der Waals surface area contributed by atoms with Crippen LogP contribution >= 0.6 is 0 Å². The molecule has 1 aliphatic heterocycles. The van der Waals surface area contributed by atoms with Crippen molar-refractivity contribution in [3.8, 4) is 0 Å². The van der Waals surface area contributed by atoms with Crippen LogP contribution in [-0.4, -0.2) is 41.8 Å². The number of benzene rings is 1. The largest absolute Gasteiger partial charge is 0.461 e. The van der Waals surface area contributed by atoms with Crippen LogP contribution < -0.4 is 0 Å². The lowest BCUT2D eigenvalue weighted by Gasteiger charge is -2.19. The van der Waals surface area contributed by atoms with E-state index < -0.39 is 11.9 Å². The van der Waals surface area contributed by atoms with Crippen molar-refractivity contribution in [3.05, 3.63) is 35.6 Å². The third kappa shape index (κ3) is 4.06. The van der Waals surface area contributed by atoms with E-state index in [2.05, 4.69) is 0 Å². The third-order valence-electron chi connectivity index (χ3n) is 6.01. The van der Waals surface area contributed by atoms with Gasteiger partial charge in [-0.3, -0.25) is 19.3 Å². The molecule has 1 aromatic heterocycles. The van der Waals surface area contributed by atoms with E-state index in [-0.39, 0.29) is 55.6 Å². The van der Waals surface area contributed by atoms with Gasteiger partial charge in [0.15, 0.2) is 0 Å². The quantitative estimate of drug-likeness (QED) is 0.494. The molecule has 31 heavy (non-hydrogen) atoms. The average Bonchev–Trinajstić information content (AvgIpc) is 3.27. The van der Waals surface area contributed by atoms with Gasteiger partial charge < -0.3 is 13.9 Å². The number of nitrogens with zero attached hydrogens (tertiary/aromatic N) is 1. The molecule has 0 spiro atoms. The maximum Gasteiger partial charge on any atom is 0.374 e. The molecule has 2 atom stereocenters. The Labute approximate surface area is 179 Å². The van der Waals surface area contributed by atoms with Crippen molar-refractivity contribution in [2.75, 3.05) is 13.2 Å². The lowest BCUT2D eigenvalue weighted by Crippen LogP contribution is -2.33. The van der Waals surface area contributed by atoms with E-state index in [1.165, 1.54) is 4.90 Å². The van der Waals surface area contributed by atoms with Gasteiger partial charge in [-0.1, -0.05) is 31.0 Å². The molecule has 1 aromatic carbocycles. The Balaban J connectivity index is 1.40. The number of furan rings is 1. The van der Waals surface area contributed by atoms with Crippen molar-refractivity contribution < 1.29 is 33.1 Å². The maximum atomic E-state index is 12.5. The number of fused-ring (bicyclic) bond motifs is 2. The van der Waals surface area contributed by atoms with E-state index in [1.807, 2.05) is 0 Å². The summed E-state index contributed by atoms with van der Waals surface area (Å²) in [5.74, 6) is -2.00. The molecular formula is C23H25NO7. The molecule has 2 amide bonds. The van der Waals surface area contributed by atoms with Gasteiger partial charge in [0.2, 0.25) is 17.6 Å². The van der Waals surface area contributed by atoms with E-state index in [9.17, 15) is 19.2 Å². The molecule has 4 rings (SSSR count). The number of esters is 2. The fourth-order valence-electron chi connectivity index (χ4n) is 4.48. The lowest BCUT2D eigenvalue weighted by molar-refractivity contribution is -0.146. The summed E-state index contributed by atoms with van der Waals surface area (Å²) in [7, 11) is 0. The summed E-state index contributed by atoms with van der Waals surface area (Å²) >= 11 is 0. The second-order valence-corrected chi connectivity index (χ2v) is 7.86. The molecule has 8 heteroatoms. The Morgan fingerprint density at radius 1 is 1.06 bits per heavy atom. The van der Waals surface area contributed by atoms with Gasteiger partial charge in [0.05, 0.1) is 30.4 Å². The predicted octanol–water partition coefficient (Wildman–Crippen LogP) is 3.22. The monoisotopic (exact) mass is 427 g/mol. The summed E-state index contributed by atoms with van der Waals surface area (Å²) in [6.45, 7) is 1.73. The van der Waals surface area contributed by atoms with Crippen molar-refractivity contribution in [1.29, 1.82) is 0 Å². The van der Waals surface area contributed by atoms with Gasteiger partial charge in [0.25, 0.3) is 0 Å². The fraction of sp³-hybridized carbons (Fsp3) is 0.478. The Kier molecular flexibility index (Phi) is 6.06. The van der Waals surface area contributed by atoms with Crippen LogP contribution in [0.2, 0.25) is 0 Å². The van der Waals surface area contributed by atoms with Gasteiger partial charge in [-0.05, 0) is 25.8 Å². The van der Waals surface area contributed by atoms with E-state index in [4.69, 9.17) is 13.9 Å². The Hall–Kier alpha value is -3.16. The van der Waals surface area contributed by atoms with Crippen molar-refractivity contribution >= 4 is 34.7 Å². The van der Waals surface area contributed by atoms with Crippen molar-refractivity contribution in [2.24, 2.45) is 11.8 Å². The number of rotatable bonds is 7. The van der Waals surface area contributed by atoms with Crippen LogP contribution in [0.1, 0.15) is 55.1 Å². The number of para-hydroxylation sites is 1. The van der Waals surface area contributed by atoms with Crippen molar-refractivity contribution in [3.63, 3.8) is 0 Å². The van der Waals surface area contributed by atoms with Crippen LogP contribution in [0, 0.1) is 11.8 Å². The molecule has 8 nitrogen and oxygen atoms in total. The molecule has 0 N–H and O–H groups in total. The second kappa shape index (κ2) is 8.91. The molecule has 0 unspecified atom stereocenters. The Bertz CT molecular complexity index is 1000. The first-order valence-corrected chi connectivity index (χ1v) is 10.7. The maximum absolute atomic E-state index is 12.5. The Morgan fingerprint density at radius 2 is 1.74 bits per heavy atom. The molecule has 1 saturated heterocycles. The highest BCUT2D eigenvalue weighted by Gasteiger charge is 2.47. The minimum atomic E-state index is -0.624. The van der Waals surface area contributed by atoms with Gasteiger partial charge in [-0.15, -0.1) is 0 Å². The number of likely N-dealkylation sites (tertiary alicyclic amines) is 1. The van der Waals surface area contributed by atoms with Gasteiger partial charge in [-0.25, -0.2) is 4.79 Å². The summed E-state index contributed by atoms with van der Waals surface area (Å²) in [5.41, 5.74) is 0.925. The molecule has 0 radical (unpaired) electrons. The van der Waals surface area contributed by atoms with Crippen molar-refractivity contribution in [1.82, 2.24) is 4.90 Å². The Morgan fingerprint density at radius 3 is 2.42 bits per heavy atom. The minimum Gasteiger partial charge on any atom is -0.461 e. The molecule has 164 valence electrons. The number of carbonyl (C=O) groups excluding carboxylic acids is 4. The molecule has 1 saturated carbocycles.